The van der Waals surface area contributed by atoms with Crippen LogP contribution in [0.4, 0.5) is 14.4 Å². The molecule has 0 heterocycles. The summed E-state index contributed by atoms with van der Waals surface area (Å²) in [6, 6.07) is 0. The predicted octanol–water partition coefficient (Wildman–Crippen LogP) is 2.86. The second-order valence-electron chi connectivity index (χ2n) is 3.30. The van der Waals surface area contributed by atoms with Gasteiger partial charge in [0.15, 0.2) is 15.9 Å². The molecule has 0 aromatic rings. The van der Waals surface area contributed by atoms with E-state index in [1.807, 2.05) is 20.8 Å². The fraction of sp³-hybridized carbons (Fsp3) is 0.750. The van der Waals surface area contributed by atoms with Gasteiger partial charge in [0.1, 0.15) is 0 Å². The van der Waals surface area contributed by atoms with Gasteiger partial charge in [-0.3, -0.25) is 14.4 Å². The van der Waals surface area contributed by atoms with E-state index in [9.17, 15) is 14.4 Å². The minimum absolute atomic E-state index is 0. The largest absolute Gasteiger partial charge is 3.00 e. The molecule has 0 aliphatic carbocycles. The summed E-state index contributed by atoms with van der Waals surface area (Å²) in [5, 5.41) is -1.83. The van der Waals surface area contributed by atoms with Gasteiger partial charge in [-0.15, -0.1) is 0 Å². The van der Waals surface area contributed by atoms with Crippen molar-refractivity contribution in [3.63, 3.8) is 0 Å². The Labute approximate surface area is 166 Å². The summed E-state index contributed by atoms with van der Waals surface area (Å²) in [5.41, 5.74) is 0. The molecular formula is C12H21O6S3Sb. The summed E-state index contributed by atoms with van der Waals surface area (Å²) in [6.07, 6.45) is 2.51. The maximum Gasteiger partial charge on any atom is 3.00 e. The van der Waals surface area contributed by atoms with E-state index in [1.165, 1.54) is 0 Å². The Morgan fingerprint density at radius 2 is 0.818 bits per heavy atom. The van der Waals surface area contributed by atoms with E-state index in [4.69, 9.17) is 0 Å². The minimum atomic E-state index is -0.609. The molecule has 0 aromatic carbocycles. The van der Waals surface area contributed by atoms with Gasteiger partial charge >= 0.3 is 24.4 Å². The van der Waals surface area contributed by atoms with Crippen molar-refractivity contribution < 1.29 is 28.6 Å². The second-order valence-corrected chi connectivity index (χ2v) is 4.30. The quantitative estimate of drug-likeness (QED) is 0.247. The van der Waals surface area contributed by atoms with Gasteiger partial charge in [-0.1, -0.05) is 20.8 Å². The predicted molar refractivity (Wildman–Crippen MR) is 92.8 cm³/mol. The summed E-state index contributed by atoms with van der Waals surface area (Å²) in [4.78, 5) is 29.4. The van der Waals surface area contributed by atoms with Crippen molar-refractivity contribution in [3.05, 3.63) is 0 Å². The maximum absolute atomic E-state index is 9.80. The van der Waals surface area contributed by atoms with Gasteiger partial charge in [0, 0.05) is 0 Å². The number of hydrogen-bond donors (Lipinski definition) is 0. The van der Waals surface area contributed by atoms with E-state index < -0.39 is 15.9 Å². The van der Waals surface area contributed by atoms with Crippen LogP contribution in [0.3, 0.4) is 0 Å². The van der Waals surface area contributed by atoms with Crippen molar-refractivity contribution in [2.75, 3.05) is 19.8 Å². The van der Waals surface area contributed by atoms with E-state index in [2.05, 4.69) is 52.1 Å². The Bertz CT molecular complexity index is 237. The molecule has 0 amide bonds. The molecule has 0 unspecified atom stereocenters. The molecule has 22 heavy (non-hydrogen) atoms. The van der Waals surface area contributed by atoms with E-state index in [0.29, 0.717) is 19.8 Å². The van der Waals surface area contributed by atoms with Crippen molar-refractivity contribution in [2.24, 2.45) is 0 Å². The Balaban J connectivity index is -0.000000108. The number of ether oxygens (including phenoxy) is 3. The van der Waals surface area contributed by atoms with Gasteiger partial charge in [0.25, 0.3) is 0 Å². The molecule has 0 rings (SSSR count). The normalized spacial score (nSPS) is 7.77. The summed E-state index contributed by atoms with van der Waals surface area (Å²) in [6.45, 7) is 7.09. The van der Waals surface area contributed by atoms with Gasteiger partial charge in [-0.05, 0) is 19.3 Å². The van der Waals surface area contributed by atoms with Crippen LogP contribution in [0.5, 0.6) is 0 Å². The Hall–Kier alpha value is -0.112. The first-order valence-electron chi connectivity index (χ1n) is 6.32. The second kappa shape index (κ2) is 25.8. The fourth-order valence-electron chi connectivity index (χ4n) is 0.556. The zero-order chi connectivity index (χ0) is 17.1. The van der Waals surface area contributed by atoms with Crippen LogP contribution in [-0.4, -0.2) is 60.2 Å². The van der Waals surface area contributed by atoms with Crippen molar-refractivity contribution in [1.82, 2.24) is 0 Å². The average molecular weight is 479 g/mol. The zero-order valence-electron chi connectivity index (χ0n) is 12.9. The monoisotopic (exact) mass is 478 g/mol. The van der Waals surface area contributed by atoms with E-state index in [-0.39, 0.29) is 24.4 Å². The third-order valence-corrected chi connectivity index (χ3v) is 1.63. The molecule has 6 nitrogen and oxygen atoms in total. The third kappa shape index (κ3) is 50.2. The summed E-state index contributed by atoms with van der Waals surface area (Å²) in [7, 11) is 0. The molecule has 0 saturated carbocycles. The van der Waals surface area contributed by atoms with Crippen LogP contribution in [0, 0.1) is 0 Å². The number of hydrogen-bond acceptors (Lipinski definition) is 9. The summed E-state index contributed by atoms with van der Waals surface area (Å²) in [5.74, 6) is 0. The van der Waals surface area contributed by atoms with Crippen molar-refractivity contribution >= 4 is 78.2 Å². The van der Waals surface area contributed by atoms with E-state index in [1.54, 1.807) is 0 Å². The van der Waals surface area contributed by atoms with E-state index >= 15 is 0 Å². The molecular weight excluding hydrogens is 458 g/mol. The summed E-state index contributed by atoms with van der Waals surface area (Å²) >= 11 is 12.2. The third-order valence-electron chi connectivity index (χ3n) is 1.27. The van der Waals surface area contributed by atoms with Gasteiger partial charge in [0.2, 0.25) is 0 Å². The molecule has 0 spiro atoms. The molecule has 0 aromatic heterocycles. The van der Waals surface area contributed by atoms with Crippen LogP contribution >= 0.6 is 0 Å². The molecule has 0 aliphatic heterocycles. The molecule has 0 saturated heterocycles. The molecule has 0 fully saturated rings. The van der Waals surface area contributed by atoms with Crippen molar-refractivity contribution in [3.8, 4) is 0 Å². The number of carbonyl (C=O) groups is 3. The molecule has 0 atom stereocenters. The van der Waals surface area contributed by atoms with Crippen LogP contribution in [-0.2, 0) is 52.1 Å². The van der Waals surface area contributed by atoms with Crippen LogP contribution in [0.1, 0.15) is 40.0 Å². The first-order chi connectivity index (χ1) is 9.81. The van der Waals surface area contributed by atoms with Crippen LogP contribution in [0.2, 0.25) is 0 Å². The maximum atomic E-state index is 9.80. The average Bonchev–Trinajstić information content (AvgIpc) is 2.41. The van der Waals surface area contributed by atoms with Crippen molar-refractivity contribution in [1.29, 1.82) is 0 Å². The standard InChI is InChI=1S/3C4H8O2S.Sb/c3*1-2-3-6-4(5)7;/h3*2-3H2,1H3,(H,5,7);/q;;;+3/p-3. The summed E-state index contributed by atoms with van der Waals surface area (Å²) < 4.78 is 13.1. The molecule has 0 aliphatic rings. The Morgan fingerprint density at radius 1 is 0.636 bits per heavy atom. The van der Waals surface area contributed by atoms with E-state index in [0.717, 1.165) is 19.3 Å². The first kappa shape index (κ1) is 29.8. The van der Waals surface area contributed by atoms with Crippen LogP contribution in [0.25, 0.3) is 0 Å². The van der Waals surface area contributed by atoms with Gasteiger partial charge in [-0.25, -0.2) is 0 Å². The van der Waals surface area contributed by atoms with Crippen molar-refractivity contribution in [2.45, 2.75) is 40.0 Å². The SMILES string of the molecule is CCCOC(=O)[S-].CCCOC(=O)[S-].CCCOC(=O)[S-].[Sb+3]. The Morgan fingerprint density at radius 3 is 0.864 bits per heavy atom. The molecule has 0 N–H and O–H groups in total. The van der Waals surface area contributed by atoms with Gasteiger partial charge in [0.05, 0.1) is 19.8 Å². The molecule has 128 valence electrons. The van der Waals surface area contributed by atoms with Crippen LogP contribution < -0.4 is 0 Å². The Kier molecular flexibility index (Phi) is 35.0. The smallest absolute Gasteiger partial charge is 0.698 e. The first-order valence-corrected chi connectivity index (χ1v) is 7.55. The van der Waals surface area contributed by atoms with Gasteiger partial charge in [-0.2, -0.15) is 0 Å². The molecule has 0 bridgehead atoms. The zero-order valence-corrected chi connectivity index (χ0v) is 17.9. The fourth-order valence-corrected chi connectivity index (χ4v) is 0.806. The number of rotatable bonds is 6. The molecule has 2 radical (unpaired) electrons. The minimum Gasteiger partial charge on any atom is -0.698 e. The van der Waals surface area contributed by atoms with Crippen LogP contribution in [0.15, 0.2) is 0 Å². The molecule has 10 heteroatoms. The number of carbonyl (C=O) groups excluding carboxylic acids is 3. The topological polar surface area (TPSA) is 78.9 Å². The van der Waals surface area contributed by atoms with Gasteiger partial charge < -0.3 is 52.1 Å².